The number of phenolic OH excluding ortho intramolecular Hbond substituents is 4. The Bertz CT molecular complexity index is 3490. The summed E-state index contributed by atoms with van der Waals surface area (Å²) in [6.07, 6.45) is 12.7. The number of unbranched alkanes of at least 4 members (excludes halogenated alkanes) is 2. The van der Waals surface area contributed by atoms with Crippen LogP contribution in [0.4, 0.5) is 0 Å². The SMILES string of the molecule is CCCCN=Cc1cc(Cn2cc(COc3c4cc(C(C)(C)C)cc3Cc3cc(C(C)(C)C)cc(c3O)Cc3cc(C(C)(C)C)cc(c3OCc3cn(Cc5ccc(O)c(C=NCCCC)c5)nn3)Cc3cc(C(C)(C)C)cc(c3O)C4)nn2)ccc1O. The molecule has 0 unspecified atom stereocenters. The van der Waals surface area contributed by atoms with Crippen molar-refractivity contribution in [2.75, 3.05) is 13.1 Å². The molecule has 4 N–H and O–H groups in total. The second kappa shape index (κ2) is 26.6. The van der Waals surface area contributed by atoms with Crippen molar-refractivity contribution in [2.24, 2.45) is 9.98 Å². The number of aromatic hydroxyl groups is 4. The molecular formula is C74H92N8O6. The highest BCUT2D eigenvalue weighted by molar-refractivity contribution is 5.84. The second-order valence-corrected chi connectivity index (χ2v) is 28.2. The van der Waals surface area contributed by atoms with Gasteiger partial charge in [-0.15, -0.1) is 10.2 Å². The number of phenols is 4. The van der Waals surface area contributed by atoms with Crippen LogP contribution >= 0.6 is 0 Å². The van der Waals surface area contributed by atoms with Gasteiger partial charge >= 0.3 is 0 Å². The van der Waals surface area contributed by atoms with Gasteiger partial charge in [0.1, 0.15) is 59.1 Å². The Morgan fingerprint density at radius 2 is 0.750 bits per heavy atom. The summed E-state index contributed by atoms with van der Waals surface area (Å²) in [5.74, 6) is 2.10. The molecule has 0 saturated heterocycles. The summed E-state index contributed by atoms with van der Waals surface area (Å²) in [6.45, 7) is 33.2. The number of aromatic nitrogens is 6. The average molecular weight is 1190 g/mol. The lowest BCUT2D eigenvalue weighted by Crippen LogP contribution is -2.16. The number of ether oxygens (including phenoxy) is 2. The minimum atomic E-state index is -0.288. The lowest BCUT2D eigenvalue weighted by Gasteiger charge is -2.28. The molecule has 1 aliphatic carbocycles. The fraction of sp³-hybridized carbons (Fsp3) is 0.432. The predicted molar refractivity (Wildman–Crippen MR) is 353 cm³/mol. The van der Waals surface area contributed by atoms with Crippen molar-refractivity contribution in [3.63, 3.8) is 0 Å². The van der Waals surface area contributed by atoms with E-state index >= 15 is 0 Å². The number of aliphatic imine (C=N–C) groups is 2. The van der Waals surface area contributed by atoms with E-state index in [-0.39, 0.29) is 57.9 Å². The van der Waals surface area contributed by atoms with E-state index in [9.17, 15) is 20.4 Å². The number of rotatable bonds is 18. The molecule has 14 heteroatoms. The minimum absolute atomic E-state index is 0.108. The van der Waals surface area contributed by atoms with Crippen LogP contribution in [0.1, 0.15) is 223 Å². The second-order valence-electron chi connectivity index (χ2n) is 28.2. The maximum atomic E-state index is 13.0. The van der Waals surface area contributed by atoms with Crippen LogP contribution in [0.15, 0.2) is 107 Å². The molecule has 6 aromatic carbocycles. The van der Waals surface area contributed by atoms with E-state index < -0.39 is 0 Å². The van der Waals surface area contributed by atoms with E-state index in [1.54, 1.807) is 33.9 Å². The third-order valence-electron chi connectivity index (χ3n) is 16.5. The molecule has 0 fully saturated rings. The standard InChI is InChI=1S/C74H92N8O6/c1-15-17-23-75-39-57-25-47(19-21-65(57)83)41-81-43-63(77-79-81)45-87-69-53-27-49-31-59(71(3,4)5)33-51(67(49)85)29-55-37-62(74(12,13)14)38-56(30-52-34-60(72(6,7)8)32-50(68(52)86)28-54(69)36-61(35-53)73(9,10)11)70(55)88-46-64-44-82(80-78-64)42-48-20-22-66(84)58(26-48)40-76-24-18-16-2/h19-22,25-26,31-40,43-44,83-86H,15-18,23-24,27-30,41-42,45-46H2,1-14H3. The Morgan fingerprint density at radius 1 is 0.443 bits per heavy atom. The molecule has 9 rings (SSSR count). The van der Waals surface area contributed by atoms with E-state index in [4.69, 9.17) is 9.47 Å². The molecule has 2 heterocycles. The lowest BCUT2D eigenvalue weighted by atomic mass is 9.79. The number of fused-ring (bicyclic) bond motifs is 8. The van der Waals surface area contributed by atoms with Gasteiger partial charge < -0.3 is 29.9 Å². The summed E-state index contributed by atoms with van der Waals surface area (Å²) in [6, 6.07) is 28.5. The van der Waals surface area contributed by atoms with Crippen molar-refractivity contribution in [3.05, 3.63) is 198 Å². The van der Waals surface area contributed by atoms with Crippen molar-refractivity contribution >= 4 is 12.4 Å². The Morgan fingerprint density at radius 3 is 1.05 bits per heavy atom. The quantitative estimate of drug-likeness (QED) is 0.0476. The molecule has 0 spiro atoms. The first kappa shape index (κ1) is 64.2. The molecular weight excluding hydrogens is 1100 g/mol. The maximum absolute atomic E-state index is 13.0. The largest absolute Gasteiger partial charge is 0.507 e. The monoisotopic (exact) mass is 1190 g/mol. The fourth-order valence-electron chi connectivity index (χ4n) is 11.1. The molecule has 0 radical (unpaired) electrons. The highest BCUT2D eigenvalue weighted by Crippen LogP contribution is 2.44. The van der Waals surface area contributed by atoms with E-state index in [1.807, 2.05) is 36.7 Å². The molecule has 0 aliphatic heterocycles. The van der Waals surface area contributed by atoms with Crippen LogP contribution in [-0.4, -0.2) is 75.9 Å². The Hall–Kier alpha value is -8.26. The molecule has 0 atom stereocenters. The zero-order chi connectivity index (χ0) is 63.3. The van der Waals surface area contributed by atoms with E-state index in [2.05, 4.69) is 176 Å². The number of nitrogens with zero attached hydrogens (tertiary/aromatic N) is 8. The molecule has 88 heavy (non-hydrogen) atoms. The van der Waals surface area contributed by atoms with Gasteiger partial charge in [-0.2, -0.15) is 0 Å². The molecule has 464 valence electrons. The Labute approximate surface area is 521 Å². The molecule has 1 aliphatic rings. The Balaban J connectivity index is 1.15. The van der Waals surface area contributed by atoms with E-state index in [0.29, 0.717) is 85.9 Å². The van der Waals surface area contributed by atoms with Gasteiger partial charge in [0.25, 0.3) is 0 Å². The highest BCUT2D eigenvalue weighted by Gasteiger charge is 2.29. The third-order valence-corrected chi connectivity index (χ3v) is 16.5. The van der Waals surface area contributed by atoms with Crippen LogP contribution in [0, 0.1) is 0 Å². The lowest BCUT2D eigenvalue weighted by molar-refractivity contribution is 0.295. The summed E-state index contributed by atoms with van der Waals surface area (Å²) in [4.78, 5) is 9.04. The van der Waals surface area contributed by atoms with Gasteiger partial charge in [-0.3, -0.25) is 9.98 Å². The zero-order valence-corrected chi connectivity index (χ0v) is 54.5. The van der Waals surface area contributed by atoms with E-state index in [0.717, 1.165) is 104 Å². The molecule has 14 nitrogen and oxygen atoms in total. The summed E-state index contributed by atoms with van der Waals surface area (Å²) >= 11 is 0. The van der Waals surface area contributed by atoms with Crippen molar-refractivity contribution in [2.45, 2.75) is 196 Å². The van der Waals surface area contributed by atoms with Crippen LogP contribution in [0.5, 0.6) is 34.5 Å². The number of hydrogen-bond donors (Lipinski definition) is 4. The van der Waals surface area contributed by atoms with Crippen molar-refractivity contribution in [1.82, 2.24) is 30.0 Å². The van der Waals surface area contributed by atoms with Crippen LogP contribution < -0.4 is 9.47 Å². The van der Waals surface area contributed by atoms with Crippen LogP contribution in [0.3, 0.4) is 0 Å². The van der Waals surface area contributed by atoms with Gasteiger partial charge in [-0.25, -0.2) is 9.36 Å². The summed E-state index contributed by atoms with van der Waals surface area (Å²) in [7, 11) is 0. The normalized spacial score (nSPS) is 13.2. The van der Waals surface area contributed by atoms with Gasteiger partial charge in [0.15, 0.2) is 0 Å². The topological polar surface area (TPSA) is 186 Å². The Kier molecular flexibility index (Phi) is 19.4. The van der Waals surface area contributed by atoms with Gasteiger partial charge in [-0.1, -0.05) is 181 Å². The first-order chi connectivity index (χ1) is 41.6. The molecule has 8 aromatic rings. The third kappa shape index (κ3) is 15.9. The minimum Gasteiger partial charge on any atom is -0.507 e. The van der Waals surface area contributed by atoms with Gasteiger partial charge in [-0.05, 0) is 137 Å². The fourth-order valence-corrected chi connectivity index (χ4v) is 11.1. The van der Waals surface area contributed by atoms with Crippen molar-refractivity contribution in [3.8, 4) is 34.5 Å². The molecule has 0 amide bonds. The molecule has 0 saturated carbocycles. The van der Waals surface area contributed by atoms with Gasteiger partial charge in [0.2, 0.25) is 0 Å². The maximum Gasteiger partial charge on any atom is 0.134 e. The highest BCUT2D eigenvalue weighted by atomic mass is 16.5. The van der Waals surface area contributed by atoms with Crippen LogP contribution in [0.2, 0.25) is 0 Å². The van der Waals surface area contributed by atoms with Crippen molar-refractivity contribution in [1.29, 1.82) is 0 Å². The molecule has 2 aromatic heterocycles. The van der Waals surface area contributed by atoms with E-state index in [1.165, 1.54) is 0 Å². The van der Waals surface area contributed by atoms with Crippen molar-refractivity contribution < 1.29 is 29.9 Å². The first-order valence-corrected chi connectivity index (χ1v) is 31.3. The van der Waals surface area contributed by atoms with Gasteiger partial charge in [0.05, 0.1) is 25.5 Å². The molecule has 8 bridgehead atoms. The van der Waals surface area contributed by atoms with Crippen LogP contribution in [0.25, 0.3) is 0 Å². The predicted octanol–water partition coefficient (Wildman–Crippen LogP) is 15.3. The summed E-state index contributed by atoms with van der Waals surface area (Å²) in [5.41, 5.74) is 14.3. The smallest absolute Gasteiger partial charge is 0.134 e. The average Bonchev–Trinajstić information content (AvgIpc) is 4.38. The number of benzene rings is 6. The van der Waals surface area contributed by atoms with Crippen LogP contribution in [-0.2, 0) is 73.6 Å². The number of hydrogen-bond acceptors (Lipinski definition) is 12. The summed E-state index contributed by atoms with van der Waals surface area (Å²) in [5, 5.41) is 65.4. The summed E-state index contributed by atoms with van der Waals surface area (Å²) < 4.78 is 17.7. The zero-order valence-electron chi connectivity index (χ0n) is 54.5. The van der Waals surface area contributed by atoms with Gasteiger partial charge in [0, 0.05) is 62.3 Å². The first-order valence-electron chi connectivity index (χ1n) is 31.3.